The Balaban J connectivity index is 0.00000196. The summed E-state index contributed by atoms with van der Waals surface area (Å²) in [5.74, 6) is -0.697. The first-order valence-electron chi connectivity index (χ1n) is 16.9. The van der Waals surface area contributed by atoms with Crippen molar-refractivity contribution in [3.63, 3.8) is 0 Å². The van der Waals surface area contributed by atoms with Gasteiger partial charge in [-0.3, -0.25) is 14.9 Å². The molecule has 6 aromatic carbocycles. The van der Waals surface area contributed by atoms with Crippen LogP contribution in [0.25, 0.3) is 32.6 Å². The smallest absolute Gasteiger partial charge is 1.00 e. The molecule has 336 valence electrons. The van der Waals surface area contributed by atoms with Crippen LogP contribution >= 0.6 is 96.2 Å². The SMILES string of the molecule is O=C(Nc1ccc(N=Nc2ccc(N=Nc3cc(SOO[O-])ccc3S(=O)(=O)[O-])c3cc(SOO[O-])ccc23)c2cccc(S(=O)(=O)[O-])c12)c1ccc2nc(Cl)c(Cl)nc2c1.[B]I(I)I.[Na+].[Na+].[Na+].[Na+]. The summed E-state index contributed by atoms with van der Waals surface area (Å²) in [6.07, 6.45) is 0. The van der Waals surface area contributed by atoms with Crippen molar-refractivity contribution in [2.75, 3.05) is 5.32 Å². The molecule has 20 nitrogen and oxygen atoms in total. The molecule has 1 amide bonds. The first kappa shape index (κ1) is 66.1. The van der Waals surface area contributed by atoms with Crippen molar-refractivity contribution >= 4 is 189 Å². The quantitative estimate of drug-likeness (QED) is 0.0232. The number of anilines is 1. The third kappa shape index (κ3) is 18.3. The van der Waals surface area contributed by atoms with Gasteiger partial charge in [-0.15, -0.1) is 20.5 Å². The third-order valence-electron chi connectivity index (χ3n) is 8.33. The maximum Gasteiger partial charge on any atom is 1.00 e. The van der Waals surface area contributed by atoms with E-state index >= 15 is 0 Å². The van der Waals surface area contributed by atoms with E-state index in [2.05, 4.69) is 91.7 Å². The number of aromatic nitrogens is 2. The fourth-order valence-electron chi connectivity index (χ4n) is 5.79. The van der Waals surface area contributed by atoms with Gasteiger partial charge in [0, 0.05) is 36.9 Å². The number of nitrogens with zero attached hydrogens (tertiary/aromatic N) is 6. The largest absolute Gasteiger partial charge is 1.00 e. The van der Waals surface area contributed by atoms with Crippen molar-refractivity contribution in [2.24, 2.45) is 20.5 Å². The minimum atomic E-state index is -5.12. The Labute approximate surface area is 526 Å². The van der Waals surface area contributed by atoms with Crippen molar-refractivity contribution in [1.82, 2.24) is 9.97 Å². The molecule has 2 radical (unpaired) electrons. The molecule has 1 N–H and O–H groups in total. The molecule has 7 aromatic rings. The van der Waals surface area contributed by atoms with Crippen LogP contribution in [-0.2, 0) is 39.0 Å². The molecule has 34 heteroatoms. The second kappa shape index (κ2) is 30.6. The van der Waals surface area contributed by atoms with Crippen LogP contribution in [0.4, 0.5) is 28.4 Å². The molecule has 7 rings (SSSR count). The Morgan fingerprint density at radius 1 is 0.638 bits per heavy atom. The van der Waals surface area contributed by atoms with Gasteiger partial charge in [0.25, 0.3) is 5.91 Å². The summed E-state index contributed by atoms with van der Waals surface area (Å²) in [4.78, 5) is 20.8. The van der Waals surface area contributed by atoms with Crippen molar-refractivity contribution in [3.05, 3.63) is 113 Å². The zero-order valence-electron chi connectivity index (χ0n) is 35.3. The van der Waals surface area contributed by atoms with E-state index in [4.69, 9.17) is 28.9 Å². The predicted molar refractivity (Wildman–Crippen MR) is 260 cm³/mol. The topological polar surface area (TPSA) is 302 Å². The number of carbonyl (C=O) groups excluding carboxylic acids is 1. The summed E-state index contributed by atoms with van der Waals surface area (Å²) in [6, 6.07) is 21.6. The Bertz CT molecular complexity index is 3280. The zero-order valence-corrected chi connectivity index (χ0v) is 54.6. The number of nitrogens with one attached hydrogen (secondary N) is 1. The Hall–Kier alpha value is 0.965. The molecule has 0 aliphatic carbocycles. The Kier molecular flexibility index (Phi) is 29.3. The number of rotatable bonds is 14. The molecule has 0 saturated heterocycles. The second-order valence-electron chi connectivity index (χ2n) is 12.2. The van der Waals surface area contributed by atoms with E-state index in [9.17, 15) is 41.3 Å². The Morgan fingerprint density at radius 3 is 1.72 bits per heavy atom. The molecule has 1 heterocycles. The van der Waals surface area contributed by atoms with Crippen LogP contribution < -0.4 is 134 Å². The average Bonchev–Trinajstić information content (AvgIpc) is 3.25. The maximum absolute atomic E-state index is 13.5. The number of carbonyl (C=O) groups is 1. The molecule has 69 heavy (non-hydrogen) atoms. The number of hydrogen-bond donors (Lipinski definition) is 1. The van der Waals surface area contributed by atoms with Gasteiger partial charge in [0.05, 0.1) is 67.7 Å². The van der Waals surface area contributed by atoms with Crippen molar-refractivity contribution in [3.8, 4) is 0 Å². The number of azo groups is 2. The first-order valence-corrected chi connectivity index (χ1v) is 35.7. The molecule has 0 atom stereocenters. The number of benzene rings is 6. The van der Waals surface area contributed by atoms with Gasteiger partial charge in [-0.2, -0.15) is 8.67 Å². The van der Waals surface area contributed by atoms with Gasteiger partial charge in [-0.25, -0.2) is 26.8 Å². The monoisotopic (exact) mass is 1420 g/mol. The third-order valence-corrected chi connectivity index (χ3v) is 11.9. The number of halogens is 5. The normalized spacial score (nSPS) is 11.6. The molecular weight excluding hydrogens is 1410 g/mol. The molecule has 0 unspecified atom stereocenters. The van der Waals surface area contributed by atoms with Crippen LogP contribution in [0.5, 0.6) is 0 Å². The summed E-state index contributed by atoms with van der Waals surface area (Å²) in [7, 11) is -10.2. The Morgan fingerprint density at radius 2 is 1.14 bits per heavy atom. The summed E-state index contributed by atoms with van der Waals surface area (Å²) >= 11 is 16.6. The second-order valence-corrected chi connectivity index (χ2v) is 40.6. The maximum atomic E-state index is 13.5. The van der Waals surface area contributed by atoms with Crippen LogP contribution in [0.15, 0.2) is 137 Å². The van der Waals surface area contributed by atoms with Gasteiger partial charge < -0.3 is 24.9 Å². The fraction of sp³-hybridized carbons (Fsp3) is 0. The van der Waals surface area contributed by atoms with E-state index < -0.39 is 53.3 Å². The van der Waals surface area contributed by atoms with Crippen LogP contribution in [0, 0.1) is 0 Å². The van der Waals surface area contributed by atoms with Crippen molar-refractivity contribution < 1.29 is 178 Å². The zero-order chi connectivity index (χ0) is 47.1. The molecule has 0 fully saturated rings. The molecule has 0 aliphatic heterocycles. The van der Waals surface area contributed by atoms with Crippen molar-refractivity contribution in [1.29, 1.82) is 0 Å². The van der Waals surface area contributed by atoms with E-state index in [0.717, 1.165) is 18.2 Å². The summed E-state index contributed by atoms with van der Waals surface area (Å²) in [6.45, 7) is 0. The minimum Gasteiger partial charge on any atom is 1.00 e. The standard InChI is InChI=1S/C35H21Cl2N7O13S4.BI3.4Na/c36-33-34(37)39-28-14-17(4-8-26(28)38-33)35(45)40-27-12-11-24(21-2-1-3-31(32(21)27)61(51,52)53)42-41-23-9-10-25(22-15-18(58-56-54-46)5-7-20(22)23)43-44-29-16-19(59-57-55-47)6-13-30(29)60(48,49)50;1-4(2)3;;;;/h1-16,46-47H,(H,40,45)(H,48,49,50)(H,51,52,53);;;;;/q;;4*+1/p-4. The van der Waals surface area contributed by atoms with E-state index in [1.54, 1.807) is 6.07 Å². The van der Waals surface area contributed by atoms with E-state index in [0.29, 0.717) is 39.9 Å². The van der Waals surface area contributed by atoms with Crippen LogP contribution in [0.1, 0.15) is 10.4 Å². The predicted octanol–water partition coefficient (Wildman–Crippen LogP) is -2.11. The average molecular weight is 1430 g/mol. The molecule has 0 aliphatic rings. The minimum absolute atomic E-state index is 0. The van der Waals surface area contributed by atoms with Gasteiger partial charge in [-0.1, -0.05) is 41.4 Å². The van der Waals surface area contributed by atoms with Crippen LogP contribution in [0.3, 0.4) is 0 Å². The summed E-state index contributed by atoms with van der Waals surface area (Å²) in [5, 5.41) is 47.6. The first-order chi connectivity index (χ1) is 30.9. The van der Waals surface area contributed by atoms with Crippen molar-refractivity contribution in [2.45, 2.75) is 19.6 Å². The van der Waals surface area contributed by atoms with E-state index in [-0.39, 0.29) is 183 Å². The van der Waals surface area contributed by atoms with Gasteiger partial charge in [0.2, 0.25) is 0 Å². The van der Waals surface area contributed by atoms with Gasteiger partial charge in [-0.05, 0) is 78.9 Å². The van der Waals surface area contributed by atoms with Gasteiger partial charge in [0.15, 0.2) is 10.3 Å². The molecule has 0 spiro atoms. The molecule has 1 aromatic heterocycles. The molecule has 0 saturated carbocycles. The number of amides is 1. The van der Waals surface area contributed by atoms with E-state index in [1.165, 1.54) is 72.8 Å². The van der Waals surface area contributed by atoms with E-state index in [1.807, 2.05) is 0 Å². The van der Waals surface area contributed by atoms with Gasteiger partial charge >= 0.3 is 173 Å². The number of hydrogen-bond acceptors (Lipinski definition) is 21. The summed E-state index contributed by atoms with van der Waals surface area (Å²) < 4.78 is 82.2. The molecular formula is C35H17BCl2I3N7Na4O13S4. The fourth-order valence-corrected chi connectivity index (χ4v) is 8.15. The molecule has 0 bridgehead atoms. The van der Waals surface area contributed by atoms with Crippen LogP contribution in [-0.4, -0.2) is 47.5 Å². The van der Waals surface area contributed by atoms with Crippen LogP contribution in [0.2, 0.25) is 10.3 Å². The van der Waals surface area contributed by atoms with Gasteiger partial charge in [0.1, 0.15) is 25.9 Å². The number of fused-ring (bicyclic) bond motifs is 3. The summed E-state index contributed by atoms with van der Waals surface area (Å²) in [5.41, 5.74) is 5.84.